The first-order chi connectivity index (χ1) is 29.7. The first-order valence-electron chi connectivity index (χ1n) is 20.1. The van der Waals surface area contributed by atoms with Crippen molar-refractivity contribution in [3.05, 3.63) is 241 Å². The molecule has 11 rings (SSSR count). The molecule has 5 heteroatoms. The summed E-state index contributed by atoms with van der Waals surface area (Å²) >= 11 is 0. The lowest BCUT2D eigenvalue weighted by Crippen LogP contribution is -2.34. The summed E-state index contributed by atoms with van der Waals surface area (Å²) in [4.78, 5) is 19.9. The molecule has 5 nitrogen and oxygen atoms in total. The first-order valence-corrected chi connectivity index (χ1v) is 20.1. The van der Waals surface area contributed by atoms with Crippen molar-refractivity contribution >= 4 is 10.9 Å². The molecular weight excluding hydrogens is 733 g/mol. The molecule has 3 heterocycles. The zero-order valence-electron chi connectivity index (χ0n) is 32.5. The molecule has 1 aliphatic rings. The second-order valence-electron chi connectivity index (χ2n) is 15.0. The van der Waals surface area contributed by atoms with Crippen molar-refractivity contribution in [2.75, 3.05) is 0 Å². The summed E-state index contributed by atoms with van der Waals surface area (Å²) in [6, 6.07) is 73.9. The van der Waals surface area contributed by atoms with Crippen LogP contribution in [0.1, 0.15) is 22.3 Å². The van der Waals surface area contributed by atoms with E-state index in [9.17, 15) is 0 Å². The molecule has 8 aromatic carbocycles. The van der Waals surface area contributed by atoms with Gasteiger partial charge in [-0.1, -0.05) is 176 Å². The molecule has 0 saturated heterocycles. The standard InChI is InChI=1S/C55H36N4O/c1-5-15-40(16-6-1)52-57-53(41-17-7-2-8-18-41)59-54(58-52)43-31-33-50-48(36-43)55(44-21-9-3-10-22-44,45-23-11-4-12-24-45)47-35-42(30-32-49(47)60-50)37-26-28-38(29-27-37)46-25-13-19-39-20-14-34-56-51(39)46/h1-36H. The van der Waals surface area contributed by atoms with E-state index in [0.717, 1.165) is 83.6 Å². The highest BCUT2D eigenvalue weighted by atomic mass is 16.5. The summed E-state index contributed by atoms with van der Waals surface area (Å²) in [7, 11) is 0. The van der Waals surface area contributed by atoms with Crippen LogP contribution in [0.5, 0.6) is 11.5 Å². The van der Waals surface area contributed by atoms with Crippen molar-refractivity contribution in [1.82, 2.24) is 19.9 Å². The number of hydrogen-bond donors (Lipinski definition) is 0. The fourth-order valence-corrected chi connectivity index (χ4v) is 8.69. The van der Waals surface area contributed by atoms with Crippen molar-refractivity contribution in [3.63, 3.8) is 0 Å². The molecule has 60 heavy (non-hydrogen) atoms. The monoisotopic (exact) mass is 768 g/mol. The number of aromatic nitrogens is 4. The highest BCUT2D eigenvalue weighted by Crippen LogP contribution is 2.56. The van der Waals surface area contributed by atoms with E-state index in [2.05, 4.69) is 146 Å². The number of ether oxygens (including phenoxy) is 1. The van der Waals surface area contributed by atoms with Gasteiger partial charge in [0, 0.05) is 45.0 Å². The molecule has 0 bridgehead atoms. The summed E-state index contributed by atoms with van der Waals surface area (Å²) in [5.41, 5.74) is 11.7. The fourth-order valence-electron chi connectivity index (χ4n) is 8.69. The minimum absolute atomic E-state index is 0.585. The number of fused-ring (bicyclic) bond motifs is 3. The Bertz CT molecular complexity index is 3050. The van der Waals surface area contributed by atoms with Gasteiger partial charge < -0.3 is 4.74 Å². The Morgan fingerprint density at radius 3 is 1.40 bits per heavy atom. The van der Waals surface area contributed by atoms with Gasteiger partial charge in [0.25, 0.3) is 0 Å². The number of pyridine rings is 1. The van der Waals surface area contributed by atoms with Gasteiger partial charge in [-0.2, -0.15) is 0 Å². The van der Waals surface area contributed by atoms with Crippen molar-refractivity contribution in [2.45, 2.75) is 5.41 Å². The third-order valence-corrected chi connectivity index (χ3v) is 11.5. The van der Waals surface area contributed by atoms with Crippen LogP contribution in [0.2, 0.25) is 0 Å². The minimum atomic E-state index is -0.760. The smallest absolute Gasteiger partial charge is 0.164 e. The molecular formula is C55H36N4O. The van der Waals surface area contributed by atoms with E-state index >= 15 is 0 Å². The van der Waals surface area contributed by atoms with Gasteiger partial charge in [0.05, 0.1) is 10.9 Å². The number of rotatable bonds is 7. The Labute approximate surface area is 348 Å². The van der Waals surface area contributed by atoms with Gasteiger partial charge >= 0.3 is 0 Å². The van der Waals surface area contributed by atoms with Crippen LogP contribution in [0.4, 0.5) is 0 Å². The van der Waals surface area contributed by atoms with Gasteiger partial charge in [0.15, 0.2) is 17.5 Å². The first kappa shape index (κ1) is 35.2. The summed E-state index contributed by atoms with van der Waals surface area (Å²) in [5.74, 6) is 3.40. The largest absolute Gasteiger partial charge is 0.457 e. The van der Waals surface area contributed by atoms with Crippen LogP contribution in [-0.2, 0) is 5.41 Å². The third kappa shape index (κ3) is 6.03. The Hall–Kier alpha value is -8.02. The van der Waals surface area contributed by atoms with E-state index in [0.29, 0.717) is 17.5 Å². The lowest BCUT2D eigenvalue weighted by atomic mass is 9.63. The summed E-state index contributed by atoms with van der Waals surface area (Å²) in [5, 5.41) is 1.12. The molecule has 0 radical (unpaired) electrons. The average molecular weight is 769 g/mol. The molecule has 0 unspecified atom stereocenters. The van der Waals surface area contributed by atoms with Crippen LogP contribution in [0.3, 0.4) is 0 Å². The SMILES string of the molecule is c1ccc(-c2nc(-c3ccccc3)nc(-c3ccc4c(c3)C(c3ccccc3)(c3ccccc3)c3cc(-c5ccc(-c6cccc7cccnc67)cc5)ccc3O4)n2)cc1. The molecule has 0 N–H and O–H groups in total. The van der Waals surface area contributed by atoms with Gasteiger partial charge in [-0.05, 0) is 64.2 Å². The van der Waals surface area contributed by atoms with Gasteiger partial charge in [0.1, 0.15) is 11.5 Å². The van der Waals surface area contributed by atoms with E-state index in [1.165, 1.54) is 0 Å². The zero-order valence-corrected chi connectivity index (χ0v) is 32.5. The van der Waals surface area contributed by atoms with Crippen LogP contribution in [-0.4, -0.2) is 19.9 Å². The molecule has 0 saturated carbocycles. The number of benzene rings is 8. The van der Waals surface area contributed by atoms with Gasteiger partial charge in [-0.3, -0.25) is 4.98 Å². The quantitative estimate of drug-likeness (QED) is 0.162. The second-order valence-corrected chi connectivity index (χ2v) is 15.0. The van der Waals surface area contributed by atoms with E-state index in [1.807, 2.05) is 72.9 Å². The lowest BCUT2D eigenvalue weighted by Gasteiger charge is -2.42. The van der Waals surface area contributed by atoms with E-state index in [4.69, 9.17) is 24.7 Å². The normalized spacial score (nSPS) is 12.6. The lowest BCUT2D eigenvalue weighted by molar-refractivity contribution is 0.435. The highest BCUT2D eigenvalue weighted by Gasteiger charge is 2.45. The maximum absolute atomic E-state index is 6.90. The van der Waals surface area contributed by atoms with Crippen LogP contribution >= 0.6 is 0 Å². The molecule has 0 aliphatic carbocycles. The van der Waals surface area contributed by atoms with Crippen molar-refractivity contribution in [1.29, 1.82) is 0 Å². The zero-order chi connectivity index (χ0) is 39.9. The Morgan fingerprint density at radius 1 is 0.350 bits per heavy atom. The van der Waals surface area contributed by atoms with Crippen molar-refractivity contribution < 1.29 is 4.74 Å². The number of nitrogens with zero attached hydrogens (tertiary/aromatic N) is 4. The van der Waals surface area contributed by atoms with Crippen LogP contribution in [0.15, 0.2) is 219 Å². The minimum Gasteiger partial charge on any atom is -0.457 e. The van der Waals surface area contributed by atoms with E-state index in [-0.39, 0.29) is 0 Å². The predicted molar refractivity (Wildman–Crippen MR) is 241 cm³/mol. The highest BCUT2D eigenvalue weighted by molar-refractivity contribution is 5.94. The molecule has 2 aromatic heterocycles. The molecule has 1 aliphatic heterocycles. The van der Waals surface area contributed by atoms with E-state index in [1.54, 1.807) is 0 Å². The topological polar surface area (TPSA) is 60.8 Å². The van der Waals surface area contributed by atoms with Gasteiger partial charge in [-0.25, -0.2) is 15.0 Å². The predicted octanol–water partition coefficient (Wildman–Crippen LogP) is 13.2. The van der Waals surface area contributed by atoms with E-state index < -0.39 is 5.41 Å². The molecule has 0 atom stereocenters. The maximum Gasteiger partial charge on any atom is 0.164 e. The number of hydrogen-bond acceptors (Lipinski definition) is 5. The van der Waals surface area contributed by atoms with Crippen molar-refractivity contribution in [2.24, 2.45) is 0 Å². The summed E-state index contributed by atoms with van der Waals surface area (Å²) in [6.07, 6.45) is 1.86. The van der Waals surface area contributed by atoms with Crippen LogP contribution in [0, 0.1) is 0 Å². The van der Waals surface area contributed by atoms with Gasteiger partial charge in [-0.15, -0.1) is 0 Å². The van der Waals surface area contributed by atoms with Crippen LogP contribution in [0.25, 0.3) is 67.3 Å². The molecule has 0 fully saturated rings. The Morgan fingerprint density at radius 2 is 0.817 bits per heavy atom. The Balaban J connectivity index is 1.10. The number of para-hydroxylation sites is 1. The fraction of sp³-hybridized carbons (Fsp3) is 0.0182. The average Bonchev–Trinajstić information content (AvgIpc) is 3.34. The molecule has 0 amide bonds. The second kappa shape index (κ2) is 14.7. The van der Waals surface area contributed by atoms with Gasteiger partial charge in [0.2, 0.25) is 0 Å². The maximum atomic E-state index is 6.90. The third-order valence-electron chi connectivity index (χ3n) is 11.5. The molecule has 10 aromatic rings. The summed E-state index contributed by atoms with van der Waals surface area (Å²) < 4.78 is 6.90. The van der Waals surface area contributed by atoms with Crippen molar-refractivity contribution in [3.8, 4) is 67.9 Å². The Kier molecular flexibility index (Phi) is 8.63. The van der Waals surface area contributed by atoms with Crippen LogP contribution < -0.4 is 4.74 Å². The summed E-state index contributed by atoms with van der Waals surface area (Å²) in [6.45, 7) is 0. The molecule has 0 spiro atoms. The molecule has 282 valence electrons.